The van der Waals surface area contributed by atoms with Crippen molar-refractivity contribution in [3.8, 4) is 0 Å². The number of hydrogen-bond donors (Lipinski definition) is 1. The quantitative estimate of drug-likeness (QED) is 0.571. The molecule has 1 aliphatic heterocycles. The fourth-order valence-electron chi connectivity index (χ4n) is 2.86. The van der Waals surface area contributed by atoms with Crippen LogP contribution in [0.1, 0.15) is 25.7 Å². The largest absolute Gasteiger partial charge is 0.481 e. The van der Waals surface area contributed by atoms with E-state index < -0.39 is 5.97 Å². The Balaban J connectivity index is 1.78. The lowest BCUT2D eigenvalue weighted by Crippen LogP contribution is -2.45. The molecule has 116 valence electrons. The van der Waals surface area contributed by atoms with E-state index >= 15 is 0 Å². The zero-order valence-electron chi connectivity index (χ0n) is 12.2. The Kier molecular flexibility index (Phi) is 6.14. The standard InChI is InChI=1S/C16H23NO4/c18-15-8-7-14(17-9-11-21-12-10-17)13(15)5-3-1-2-4-6-16(19)20/h1,3,7-8,13-14H,2,4-6,9-12H2,(H,19,20)/t13-,14+/m1/s1. The minimum atomic E-state index is -0.758. The molecule has 0 spiro atoms. The molecule has 1 aliphatic carbocycles. The summed E-state index contributed by atoms with van der Waals surface area (Å²) in [4.78, 5) is 24.7. The average Bonchev–Trinajstić information content (AvgIpc) is 2.84. The number of nitrogens with zero attached hydrogens (tertiary/aromatic N) is 1. The predicted octanol–water partition coefficient (Wildman–Crippen LogP) is 1.64. The van der Waals surface area contributed by atoms with Gasteiger partial charge in [-0.05, 0) is 25.3 Å². The number of ketones is 1. The van der Waals surface area contributed by atoms with Gasteiger partial charge in [0.1, 0.15) is 0 Å². The molecule has 0 bridgehead atoms. The molecule has 21 heavy (non-hydrogen) atoms. The second kappa shape index (κ2) is 8.10. The highest BCUT2D eigenvalue weighted by atomic mass is 16.5. The van der Waals surface area contributed by atoms with Gasteiger partial charge < -0.3 is 9.84 Å². The molecule has 5 nitrogen and oxygen atoms in total. The summed E-state index contributed by atoms with van der Waals surface area (Å²) in [5, 5.41) is 8.56. The monoisotopic (exact) mass is 293 g/mol. The van der Waals surface area contributed by atoms with Crippen LogP contribution >= 0.6 is 0 Å². The number of allylic oxidation sites excluding steroid dienone is 3. The van der Waals surface area contributed by atoms with Gasteiger partial charge in [-0.1, -0.05) is 18.2 Å². The number of aliphatic carboxylic acids is 1. The zero-order valence-corrected chi connectivity index (χ0v) is 12.2. The minimum absolute atomic E-state index is 0.00109. The summed E-state index contributed by atoms with van der Waals surface area (Å²) < 4.78 is 5.35. The molecule has 0 unspecified atom stereocenters. The summed E-state index contributed by atoms with van der Waals surface area (Å²) >= 11 is 0. The van der Waals surface area contributed by atoms with Gasteiger partial charge >= 0.3 is 5.97 Å². The number of morpholine rings is 1. The van der Waals surface area contributed by atoms with E-state index in [-0.39, 0.29) is 24.2 Å². The van der Waals surface area contributed by atoms with Crippen molar-refractivity contribution in [1.82, 2.24) is 4.90 Å². The van der Waals surface area contributed by atoms with Gasteiger partial charge in [-0.15, -0.1) is 0 Å². The number of rotatable bonds is 7. The van der Waals surface area contributed by atoms with Crippen molar-refractivity contribution in [2.45, 2.75) is 31.7 Å². The molecule has 0 aromatic carbocycles. The second-order valence-corrected chi connectivity index (χ2v) is 5.50. The molecule has 1 fully saturated rings. The van der Waals surface area contributed by atoms with Crippen LogP contribution in [-0.2, 0) is 14.3 Å². The lowest BCUT2D eigenvalue weighted by Gasteiger charge is -2.34. The summed E-state index contributed by atoms with van der Waals surface area (Å²) in [7, 11) is 0. The molecule has 1 N–H and O–H groups in total. The predicted molar refractivity (Wildman–Crippen MR) is 79.1 cm³/mol. The molecular formula is C16H23NO4. The maximum Gasteiger partial charge on any atom is 0.303 e. The van der Waals surface area contributed by atoms with Crippen molar-refractivity contribution in [1.29, 1.82) is 0 Å². The summed E-state index contributed by atoms with van der Waals surface area (Å²) in [6, 6.07) is 0.185. The highest BCUT2D eigenvalue weighted by Crippen LogP contribution is 2.25. The summed E-state index contributed by atoms with van der Waals surface area (Å²) in [5.74, 6) is -0.563. The van der Waals surface area contributed by atoms with E-state index in [0.717, 1.165) is 39.1 Å². The smallest absolute Gasteiger partial charge is 0.303 e. The minimum Gasteiger partial charge on any atom is -0.481 e. The fraction of sp³-hybridized carbons (Fsp3) is 0.625. The van der Waals surface area contributed by atoms with Crippen LogP contribution in [0, 0.1) is 5.92 Å². The Bertz CT molecular complexity index is 424. The number of carbonyl (C=O) groups is 2. The van der Waals surface area contributed by atoms with Crippen LogP contribution in [0.25, 0.3) is 0 Å². The molecule has 5 heteroatoms. The van der Waals surface area contributed by atoms with E-state index in [0.29, 0.717) is 6.42 Å². The zero-order chi connectivity index (χ0) is 15.1. The Morgan fingerprint density at radius 3 is 2.86 bits per heavy atom. The van der Waals surface area contributed by atoms with Crippen molar-refractivity contribution in [2.24, 2.45) is 5.92 Å². The van der Waals surface area contributed by atoms with Crippen molar-refractivity contribution >= 4 is 11.8 Å². The topological polar surface area (TPSA) is 66.8 Å². The van der Waals surface area contributed by atoms with Crippen molar-refractivity contribution in [3.05, 3.63) is 24.3 Å². The Morgan fingerprint density at radius 2 is 2.14 bits per heavy atom. The van der Waals surface area contributed by atoms with Crippen molar-refractivity contribution in [2.75, 3.05) is 26.3 Å². The van der Waals surface area contributed by atoms with Gasteiger partial charge in [-0.25, -0.2) is 0 Å². The van der Waals surface area contributed by atoms with Crippen LogP contribution in [0.2, 0.25) is 0 Å². The van der Waals surface area contributed by atoms with Crippen molar-refractivity contribution < 1.29 is 19.4 Å². The van der Waals surface area contributed by atoms with E-state index in [9.17, 15) is 9.59 Å². The van der Waals surface area contributed by atoms with Gasteiger partial charge in [-0.3, -0.25) is 14.5 Å². The molecule has 0 aromatic heterocycles. The first kappa shape index (κ1) is 15.9. The fourth-order valence-corrected chi connectivity index (χ4v) is 2.86. The van der Waals surface area contributed by atoms with E-state index in [1.54, 1.807) is 6.08 Å². The third-order valence-corrected chi connectivity index (χ3v) is 4.02. The number of ether oxygens (including phenoxy) is 1. The molecule has 0 saturated carbocycles. The Morgan fingerprint density at radius 1 is 1.38 bits per heavy atom. The SMILES string of the molecule is O=C(O)CCCC=CC[C@H]1C(=O)C=C[C@@H]1N1CCOCC1. The number of carbonyl (C=O) groups excluding carboxylic acids is 1. The first-order chi connectivity index (χ1) is 10.2. The van der Waals surface area contributed by atoms with Gasteiger partial charge in [0.05, 0.1) is 13.2 Å². The van der Waals surface area contributed by atoms with E-state index in [2.05, 4.69) is 4.90 Å². The highest BCUT2D eigenvalue weighted by Gasteiger charge is 2.33. The lowest BCUT2D eigenvalue weighted by molar-refractivity contribution is -0.137. The van der Waals surface area contributed by atoms with Gasteiger partial charge in [0.2, 0.25) is 0 Å². The summed E-state index contributed by atoms with van der Waals surface area (Å²) in [6.07, 6.45) is 10.0. The van der Waals surface area contributed by atoms with Crippen LogP contribution in [-0.4, -0.2) is 54.1 Å². The highest BCUT2D eigenvalue weighted by molar-refractivity contribution is 5.95. The first-order valence-corrected chi connectivity index (χ1v) is 7.59. The summed E-state index contributed by atoms with van der Waals surface area (Å²) in [6.45, 7) is 3.22. The van der Waals surface area contributed by atoms with Crippen LogP contribution in [0.4, 0.5) is 0 Å². The van der Waals surface area contributed by atoms with Crippen LogP contribution < -0.4 is 0 Å². The number of carboxylic acid groups (broad SMARTS) is 1. The molecule has 0 amide bonds. The van der Waals surface area contributed by atoms with Crippen LogP contribution in [0.3, 0.4) is 0 Å². The van der Waals surface area contributed by atoms with Crippen LogP contribution in [0.5, 0.6) is 0 Å². The molecule has 0 aromatic rings. The molecule has 1 heterocycles. The maximum atomic E-state index is 12.0. The first-order valence-electron chi connectivity index (χ1n) is 7.59. The van der Waals surface area contributed by atoms with Gasteiger partial charge in [-0.2, -0.15) is 0 Å². The van der Waals surface area contributed by atoms with E-state index in [4.69, 9.17) is 9.84 Å². The molecule has 2 rings (SSSR count). The van der Waals surface area contributed by atoms with Gasteiger partial charge in [0.15, 0.2) is 5.78 Å². The van der Waals surface area contributed by atoms with Gasteiger partial charge in [0, 0.05) is 31.5 Å². The molecule has 2 aliphatic rings. The second-order valence-electron chi connectivity index (χ2n) is 5.50. The third-order valence-electron chi connectivity index (χ3n) is 4.02. The molecular weight excluding hydrogens is 270 g/mol. The van der Waals surface area contributed by atoms with E-state index in [1.165, 1.54) is 0 Å². The number of unbranched alkanes of at least 4 members (excludes halogenated alkanes) is 1. The molecule has 1 saturated heterocycles. The van der Waals surface area contributed by atoms with E-state index in [1.807, 2.05) is 18.2 Å². The maximum absolute atomic E-state index is 12.0. The Labute approximate surface area is 125 Å². The normalized spacial score (nSPS) is 26.8. The number of hydrogen-bond acceptors (Lipinski definition) is 4. The third kappa shape index (κ3) is 4.79. The number of carboxylic acids is 1. The Hall–Kier alpha value is -1.46. The molecule has 0 radical (unpaired) electrons. The van der Waals surface area contributed by atoms with Crippen molar-refractivity contribution in [3.63, 3.8) is 0 Å². The molecule has 2 atom stereocenters. The van der Waals surface area contributed by atoms with Crippen LogP contribution in [0.15, 0.2) is 24.3 Å². The summed E-state index contributed by atoms with van der Waals surface area (Å²) in [5.41, 5.74) is 0. The van der Waals surface area contributed by atoms with Gasteiger partial charge in [0.25, 0.3) is 0 Å². The average molecular weight is 293 g/mol. The lowest BCUT2D eigenvalue weighted by atomic mass is 9.95.